The summed E-state index contributed by atoms with van der Waals surface area (Å²) in [6.07, 6.45) is 3.90. The van der Waals surface area contributed by atoms with Crippen molar-refractivity contribution in [2.24, 2.45) is 11.8 Å². The SMILES string of the molecule is COc1cc2c(Nc3ccc(Cl)c(Cl)c3)ncnc2cc1O[C@H]1C[C@H]2CNC[C@H]2C1. The van der Waals surface area contributed by atoms with Gasteiger partial charge in [-0.25, -0.2) is 9.97 Å². The van der Waals surface area contributed by atoms with Gasteiger partial charge < -0.3 is 20.1 Å². The molecule has 1 saturated heterocycles. The molecule has 1 saturated carbocycles. The fraction of sp³-hybridized carbons (Fsp3) is 0.364. The summed E-state index contributed by atoms with van der Waals surface area (Å²) in [7, 11) is 1.65. The summed E-state index contributed by atoms with van der Waals surface area (Å²) in [6, 6.07) is 9.21. The second kappa shape index (κ2) is 8.10. The van der Waals surface area contributed by atoms with Crippen molar-refractivity contribution in [2.75, 3.05) is 25.5 Å². The standard InChI is InChI=1S/C22H22Cl2N4O2/c1-29-20-7-16-19(8-21(20)30-15-4-12-9-25-10-13(12)5-15)26-11-27-22(16)28-14-2-3-17(23)18(24)6-14/h2-3,6-8,11-13,15,25H,4-5,9-10H2,1H3,(H,26,27,28)/t12-,13+,15-. The monoisotopic (exact) mass is 444 g/mol. The normalized spacial score (nSPS) is 22.8. The van der Waals surface area contributed by atoms with Crippen LogP contribution in [0, 0.1) is 11.8 Å². The predicted molar refractivity (Wildman–Crippen MR) is 119 cm³/mol. The Kier molecular flexibility index (Phi) is 5.31. The van der Waals surface area contributed by atoms with E-state index >= 15 is 0 Å². The Bertz CT molecular complexity index is 1080. The number of methoxy groups -OCH3 is 1. The van der Waals surface area contributed by atoms with Crippen molar-refractivity contribution in [3.8, 4) is 11.5 Å². The lowest BCUT2D eigenvalue weighted by molar-refractivity contribution is 0.191. The first-order valence-electron chi connectivity index (χ1n) is 10.0. The van der Waals surface area contributed by atoms with E-state index in [4.69, 9.17) is 32.7 Å². The van der Waals surface area contributed by atoms with Gasteiger partial charge in [-0.15, -0.1) is 0 Å². The van der Waals surface area contributed by atoms with Gasteiger partial charge in [-0.3, -0.25) is 0 Å². The molecule has 0 spiro atoms. The molecule has 1 aromatic heterocycles. The van der Waals surface area contributed by atoms with Crippen LogP contribution in [0.1, 0.15) is 12.8 Å². The van der Waals surface area contributed by atoms with E-state index in [1.165, 1.54) is 6.33 Å². The molecule has 156 valence electrons. The van der Waals surface area contributed by atoms with Crippen molar-refractivity contribution < 1.29 is 9.47 Å². The Hall–Kier alpha value is -2.28. The lowest BCUT2D eigenvalue weighted by atomic mass is 10.0. The maximum Gasteiger partial charge on any atom is 0.163 e. The van der Waals surface area contributed by atoms with Crippen molar-refractivity contribution in [3.05, 3.63) is 46.7 Å². The van der Waals surface area contributed by atoms with Gasteiger partial charge >= 0.3 is 0 Å². The van der Waals surface area contributed by atoms with E-state index in [2.05, 4.69) is 20.6 Å². The van der Waals surface area contributed by atoms with Gasteiger partial charge in [0, 0.05) is 17.1 Å². The fourth-order valence-corrected chi connectivity index (χ4v) is 4.81. The van der Waals surface area contributed by atoms with Crippen LogP contribution in [0.3, 0.4) is 0 Å². The summed E-state index contributed by atoms with van der Waals surface area (Å²) in [4.78, 5) is 8.84. The maximum atomic E-state index is 6.36. The third-order valence-electron chi connectivity index (χ3n) is 6.01. The van der Waals surface area contributed by atoms with Crippen LogP contribution in [0.5, 0.6) is 11.5 Å². The zero-order valence-electron chi connectivity index (χ0n) is 16.5. The average Bonchev–Trinajstić information content (AvgIpc) is 3.32. The molecule has 1 aliphatic carbocycles. The number of anilines is 2. The topological polar surface area (TPSA) is 68.3 Å². The molecule has 0 radical (unpaired) electrons. The van der Waals surface area contributed by atoms with Gasteiger partial charge in [0.2, 0.25) is 0 Å². The first kappa shape index (κ1) is 19.7. The highest BCUT2D eigenvalue weighted by atomic mass is 35.5. The molecule has 3 aromatic rings. The molecule has 2 heterocycles. The number of ether oxygens (including phenoxy) is 2. The van der Waals surface area contributed by atoms with Crippen LogP contribution in [0.2, 0.25) is 10.0 Å². The van der Waals surface area contributed by atoms with Gasteiger partial charge in [0.05, 0.1) is 28.8 Å². The van der Waals surface area contributed by atoms with Crippen LogP contribution >= 0.6 is 23.2 Å². The molecule has 5 rings (SSSR count). The Labute approximate surface area is 184 Å². The molecule has 2 aromatic carbocycles. The second-order valence-corrected chi connectivity index (χ2v) is 8.70. The summed E-state index contributed by atoms with van der Waals surface area (Å²) in [5.74, 6) is 3.48. The molecule has 30 heavy (non-hydrogen) atoms. The third kappa shape index (κ3) is 3.75. The first-order chi connectivity index (χ1) is 14.6. The largest absolute Gasteiger partial charge is 0.493 e. The zero-order valence-corrected chi connectivity index (χ0v) is 18.0. The van der Waals surface area contributed by atoms with E-state index in [9.17, 15) is 0 Å². The number of fused-ring (bicyclic) bond motifs is 2. The van der Waals surface area contributed by atoms with Crippen LogP contribution in [0.15, 0.2) is 36.7 Å². The zero-order chi connectivity index (χ0) is 20.7. The van der Waals surface area contributed by atoms with Crippen LogP contribution in [-0.4, -0.2) is 36.3 Å². The summed E-state index contributed by atoms with van der Waals surface area (Å²) < 4.78 is 12.0. The molecule has 0 bridgehead atoms. The quantitative estimate of drug-likeness (QED) is 0.572. The minimum Gasteiger partial charge on any atom is -0.493 e. The fourth-order valence-electron chi connectivity index (χ4n) is 4.51. The van der Waals surface area contributed by atoms with E-state index in [1.807, 2.05) is 18.2 Å². The van der Waals surface area contributed by atoms with Crippen LogP contribution in [0.4, 0.5) is 11.5 Å². The van der Waals surface area contributed by atoms with Crippen LogP contribution in [-0.2, 0) is 0 Å². The number of aromatic nitrogens is 2. The smallest absolute Gasteiger partial charge is 0.163 e. The van der Waals surface area contributed by atoms with E-state index in [-0.39, 0.29) is 6.10 Å². The lowest BCUT2D eigenvalue weighted by Crippen LogP contribution is -2.18. The predicted octanol–water partition coefficient (Wildman–Crippen LogP) is 5.07. The van der Waals surface area contributed by atoms with Gasteiger partial charge in [-0.1, -0.05) is 23.2 Å². The highest BCUT2D eigenvalue weighted by Crippen LogP contribution is 2.40. The highest BCUT2D eigenvalue weighted by Gasteiger charge is 2.38. The van der Waals surface area contributed by atoms with E-state index in [0.29, 0.717) is 33.4 Å². The molecule has 2 N–H and O–H groups in total. The van der Waals surface area contributed by atoms with Gasteiger partial charge in [-0.05, 0) is 62.0 Å². The number of halogens is 2. The molecule has 6 nitrogen and oxygen atoms in total. The second-order valence-electron chi connectivity index (χ2n) is 7.89. The molecule has 1 aliphatic heterocycles. The Morgan fingerprint density at radius 2 is 1.80 bits per heavy atom. The number of nitrogens with zero attached hydrogens (tertiary/aromatic N) is 2. The molecular formula is C22H22Cl2N4O2. The summed E-state index contributed by atoms with van der Waals surface area (Å²) in [5.41, 5.74) is 1.57. The lowest BCUT2D eigenvalue weighted by Gasteiger charge is -2.18. The van der Waals surface area contributed by atoms with Gasteiger partial charge in [0.25, 0.3) is 0 Å². The van der Waals surface area contributed by atoms with Gasteiger partial charge in [-0.2, -0.15) is 0 Å². The van der Waals surface area contributed by atoms with E-state index < -0.39 is 0 Å². The number of nitrogens with one attached hydrogen (secondary N) is 2. The van der Waals surface area contributed by atoms with Crippen molar-refractivity contribution >= 4 is 45.6 Å². The van der Waals surface area contributed by atoms with Crippen LogP contribution in [0.25, 0.3) is 10.9 Å². The van der Waals surface area contributed by atoms with Gasteiger partial charge in [0.15, 0.2) is 11.5 Å². The van der Waals surface area contributed by atoms with E-state index in [0.717, 1.165) is 48.3 Å². The molecule has 2 aliphatic rings. The molecule has 3 atom stereocenters. The molecule has 0 amide bonds. The number of hydrogen-bond acceptors (Lipinski definition) is 6. The minimum absolute atomic E-state index is 0.212. The van der Waals surface area contributed by atoms with Crippen molar-refractivity contribution in [2.45, 2.75) is 18.9 Å². The molecule has 2 fully saturated rings. The maximum absolute atomic E-state index is 6.36. The number of benzene rings is 2. The molecule has 0 unspecified atom stereocenters. The minimum atomic E-state index is 0.212. The molecular weight excluding hydrogens is 423 g/mol. The Morgan fingerprint density at radius 3 is 2.53 bits per heavy atom. The summed E-state index contributed by atoms with van der Waals surface area (Å²) in [6.45, 7) is 2.19. The Balaban J connectivity index is 1.44. The first-order valence-corrected chi connectivity index (χ1v) is 10.8. The van der Waals surface area contributed by atoms with Crippen molar-refractivity contribution in [1.82, 2.24) is 15.3 Å². The summed E-state index contributed by atoms with van der Waals surface area (Å²) >= 11 is 12.2. The third-order valence-corrected chi connectivity index (χ3v) is 6.75. The number of hydrogen-bond donors (Lipinski definition) is 2. The summed E-state index contributed by atoms with van der Waals surface area (Å²) in [5, 5.41) is 8.57. The number of rotatable bonds is 5. The highest BCUT2D eigenvalue weighted by molar-refractivity contribution is 6.42. The van der Waals surface area contributed by atoms with Crippen LogP contribution < -0.4 is 20.1 Å². The van der Waals surface area contributed by atoms with E-state index in [1.54, 1.807) is 19.2 Å². The van der Waals surface area contributed by atoms with Gasteiger partial charge in [0.1, 0.15) is 12.1 Å². The molecule has 8 heteroatoms. The Morgan fingerprint density at radius 1 is 1.00 bits per heavy atom. The van der Waals surface area contributed by atoms with Crippen molar-refractivity contribution in [3.63, 3.8) is 0 Å². The van der Waals surface area contributed by atoms with Crippen molar-refractivity contribution in [1.29, 1.82) is 0 Å². The average molecular weight is 445 g/mol.